The lowest BCUT2D eigenvalue weighted by Gasteiger charge is -2.36. The van der Waals surface area contributed by atoms with E-state index in [-0.39, 0.29) is 12.5 Å². The van der Waals surface area contributed by atoms with Crippen LogP contribution in [0.2, 0.25) is 0 Å². The first-order chi connectivity index (χ1) is 18.5. The topological polar surface area (TPSA) is 136 Å². The van der Waals surface area contributed by atoms with Crippen LogP contribution in [0.5, 0.6) is 5.88 Å². The number of aromatic nitrogens is 3. The summed E-state index contributed by atoms with van der Waals surface area (Å²) in [5.41, 5.74) is 9.89. The summed E-state index contributed by atoms with van der Waals surface area (Å²) in [4.78, 5) is 25.8. The second-order valence-corrected chi connectivity index (χ2v) is 8.81. The SMILES string of the molecule is C=CC(=O)Nc1cccc(-c2cccc3cnc(Nc4ccc(C5(CN)CNCCO5)nc4OC)nc23)c1. The van der Waals surface area contributed by atoms with Crippen molar-refractivity contribution in [1.82, 2.24) is 20.3 Å². The molecule has 38 heavy (non-hydrogen) atoms. The van der Waals surface area contributed by atoms with Crippen molar-refractivity contribution >= 4 is 34.1 Å². The number of carbonyl (C=O) groups excluding carboxylic acids is 1. The molecule has 0 radical (unpaired) electrons. The van der Waals surface area contributed by atoms with Gasteiger partial charge in [0.1, 0.15) is 11.3 Å². The van der Waals surface area contributed by atoms with Crippen LogP contribution >= 0.6 is 0 Å². The van der Waals surface area contributed by atoms with Gasteiger partial charge in [0, 0.05) is 42.5 Å². The lowest BCUT2D eigenvalue weighted by atomic mass is 9.97. The van der Waals surface area contributed by atoms with Crippen molar-refractivity contribution in [3.63, 3.8) is 0 Å². The Balaban J connectivity index is 1.48. The molecule has 1 fully saturated rings. The minimum atomic E-state index is -0.710. The molecule has 194 valence electrons. The van der Waals surface area contributed by atoms with Gasteiger partial charge in [-0.05, 0) is 35.9 Å². The van der Waals surface area contributed by atoms with E-state index in [1.54, 1.807) is 13.3 Å². The fourth-order valence-corrected chi connectivity index (χ4v) is 4.43. The number of rotatable bonds is 8. The molecular formula is C28H29N7O3. The number of hydrogen-bond acceptors (Lipinski definition) is 9. The second kappa shape index (κ2) is 10.9. The molecule has 5 N–H and O–H groups in total. The summed E-state index contributed by atoms with van der Waals surface area (Å²) < 4.78 is 11.6. The van der Waals surface area contributed by atoms with Gasteiger partial charge in [-0.3, -0.25) is 4.79 Å². The van der Waals surface area contributed by atoms with Crippen LogP contribution in [0.15, 0.2) is 73.4 Å². The maximum absolute atomic E-state index is 11.8. The van der Waals surface area contributed by atoms with Crippen LogP contribution in [-0.2, 0) is 15.1 Å². The molecule has 10 heteroatoms. The van der Waals surface area contributed by atoms with Gasteiger partial charge in [0.2, 0.25) is 17.7 Å². The minimum absolute atomic E-state index is 0.272. The molecule has 0 aliphatic carbocycles. The molecule has 3 heterocycles. The predicted molar refractivity (Wildman–Crippen MR) is 147 cm³/mol. The summed E-state index contributed by atoms with van der Waals surface area (Å²) >= 11 is 0. The Kier molecular flexibility index (Phi) is 7.27. The number of nitrogens with two attached hydrogens (primary N) is 1. The van der Waals surface area contributed by atoms with E-state index in [4.69, 9.17) is 25.2 Å². The van der Waals surface area contributed by atoms with E-state index in [0.717, 1.165) is 28.6 Å². The maximum atomic E-state index is 11.8. The number of nitrogens with zero attached hydrogens (tertiary/aromatic N) is 3. The van der Waals surface area contributed by atoms with E-state index < -0.39 is 5.60 Å². The van der Waals surface area contributed by atoms with E-state index in [1.807, 2.05) is 54.6 Å². The molecule has 4 aromatic rings. The molecule has 0 spiro atoms. The second-order valence-electron chi connectivity index (χ2n) is 8.81. The predicted octanol–water partition coefficient (Wildman–Crippen LogP) is 3.34. The van der Waals surface area contributed by atoms with Gasteiger partial charge in [-0.15, -0.1) is 0 Å². The summed E-state index contributed by atoms with van der Waals surface area (Å²) in [6.07, 6.45) is 3.00. The number of pyridine rings is 1. The van der Waals surface area contributed by atoms with Gasteiger partial charge in [-0.25, -0.2) is 15.0 Å². The van der Waals surface area contributed by atoms with Gasteiger partial charge in [-0.1, -0.05) is 36.9 Å². The van der Waals surface area contributed by atoms with Crippen molar-refractivity contribution < 1.29 is 14.3 Å². The van der Waals surface area contributed by atoms with Crippen LogP contribution in [0.4, 0.5) is 17.3 Å². The Morgan fingerprint density at radius 1 is 1.24 bits per heavy atom. The minimum Gasteiger partial charge on any atom is -0.480 e. The van der Waals surface area contributed by atoms with E-state index in [9.17, 15) is 4.79 Å². The number of methoxy groups -OCH3 is 1. The normalized spacial score (nSPS) is 17.1. The van der Waals surface area contributed by atoms with Crippen LogP contribution in [0, 0.1) is 0 Å². The van der Waals surface area contributed by atoms with Crippen molar-refractivity contribution in [1.29, 1.82) is 0 Å². The molecule has 1 amide bonds. The van der Waals surface area contributed by atoms with Crippen LogP contribution < -0.4 is 26.4 Å². The Hall–Kier alpha value is -4.38. The van der Waals surface area contributed by atoms with Gasteiger partial charge in [0.05, 0.1) is 24.9 Å². The number of ether oxygens (including phenoxy) is 2. The molecular weight excluding hydrogens is 482 g/mol. The molecule has 10 nitrogen and oxygen atoms in total. The molecule has 0 saturated carbocycles. The first-order valence-corrected chi connectivity index (χ1v) is 12.2. The van der Waals surface area contributed by atoms with Gasteiger partial charge < -0.3 is 31.2 Å². The summed E-state index contributed by atoms with van der Waals surface area (Å²) in [6, 6.07) is 17.2. The summed E-state index contributed by atoms with van der Waals surface area (Å²) in [6.45, 7) is 5.69. The number of benzene rings is 2. The highest BCUT2D eigenvalue weighted by molar-refractivity contribution is 6.00. The number of morpholine rings is 1. The fourth-order valence-electron chi connectivity index (χ4n) is 4.43. The van der Waals surface area contributed by atoms with Crippen molar-refractivity contribution in [2.24, 2.45) is 5.73 Å². The van der Waals surface area contributed by atoms with E-state index in [0.29, 0.717) is 42.0 Å². The largest absolute Gasteiger partial charge is 0.480 e. The van der Waals surface area contributed by atoms with Crippen LogP contribution in [0.3, 0.4) is 0 Å². The summed E-state index contributed by atoms with van der Waals surface area (Å²) in [5.74, 6) is 0.497. The number of anilines is 3. The number of para-hydroxylation sites is 1. The Bertz CT molecular complexity index is 1480. The quantitative estimate of drug-likeness (QED) is 0.263. The van der Waals surface area contributed by atoms with Gasteiger partial charge in [0.25, 0.3) is 0 Å². The zero-order chi connectivity index (χ0) is 26.5. The zero-order valence-electron chi connectivity index (χ0n) is 21.0. The third-order valence-electron chi connectivity index (χ3n) is 6.40. The highest BCUT2D eigenvalue weighted by Gasteiger charge is 2.36. The number of amides is 1. The summed E-state index contributed by atoms with van der Waals surface area (Å²) in [7, 11) is 1.56. The number of hydrogen-bond donors (Lipinski definition) is 4. The molecule has 2 aromatic heterocycles. The number of carbonyl (C=O) groups is 1. The average molecular weight is 512 g/mol. The molecule has 5 rings (SSSR count). The Morgan fingerprint density at radius 3 is 2.87 bits per heavy atom. The maximum Gasteiger partial charge on any atom is 0.247 e. The fraction of sp³-hybridized carbons (Fsp3) is 0.214. The van der Waals surface area contributed by atoms with Crippen molar-refractivity contribution in [3.8, 4) is 17.0 Å². The van der Waals surface area contributed by atoms with E-state index in [1.165, 1.54) is 6.08 Å². The van der Waals surface area contributed by atoms with Crippen LogP contribution in [-0.4, -0.2) is 54.2 Å². The average Bonchev–Trinajstić information content (AvgIpc) is 2.97. The standard InChI is InChI=1S/C28H29N7O3/c1-3-24(36)32-20-8-4-6-18(14-20)21-9-5-7-19-15-31-27(35-25(19)21)33-22-10-11-23(34-26(22)37-2)28(16-29)17-30-12-13-38-28/h3-11,14-15,30H,1,12-13,16-17,29H2,2H3,(H,32,36)(H,31,33,35). The third-order valence-corrected chi connectivity index (χ3v) is 6.40. The number of fused-ring (bicyclic) bond motifs is 1. The van der Waals surface area contributed by atoms with Crippen molar-refractivity contribution in [2.75, 3.05) is 44.0 Å². The monoisotopic (exact) mass is 511 g/mol. The van der Waals surface area contributed by atoms with E-state index >= 15 is 0 Å². The Labute approximate surface area is 220 Å². The highest BCUT2D eigenvalue weighted by atomic mass is 16.5. The molecule has 2 aromatic carbocycles. The molecule has 1 atom stereocenters. The van der Waals surface area contributed by atoms with Crippen LogP contribution in [0.1, 0.15) is 5.69 Å². The first-order valence-electron chi connectivity index (χ1n) is 12.2. The summed E-state index contributed by atoms with van der Waals surface area (Å²) in [5, 5.41) is 10.2. The first kappa shape index (κ1) is 25.3. The van der Waals surface area contributed by atoms with Crippen molar-refractivity contribution in [2.45, 2.75) is 5.60 Å². The van der Waals surface area contributed by atoms with Crippen LogP contribution in [0.25, 0.3) is 22.0 Å². The Morgan fingerprint density at radius 2 is 2.11 bits per heavy atom. The van der Waals surface area contributed by atoms with Gasteiger partial charge >= 0.3 is 0 Å². The molecule has 1 saturated heterocycles. The molecule has 1 unspecified atom stereocenters. The van der Waals surface area contributed by atoms with Crippen molar-refractivity contribution in [3.05, 3.63) is 79.1 Å². The number of nitrogens with one attached hydrogen (secondary N) is 3. The molecule has 1 aliphatic rings. The van der Waals surface area contributed by atoms with Gasteiger partial charge in [-0.2, -0.15) is 0 Å². The smallest absolute Gasteiger partial charge is 0.247 e. The van der Waals surface area contributed by atoms with Gasteiger partial charge in [0.15, 0.2) is 0 Å². The molecule has 0 bridgehead atoms. The van der Waals surface area contributed by atoms with E-state index in [2.05, 4.69) is 27.5 Å². The third kappa shape index (κ3) is 5.05. The lowest BCUT2D eigenvalue weighted by Crippen LogP contribution is -2.52. The highest BCUT2D eigenvalue weighted by Crippen LogP contribution is 2.33. The molecule has 1 aliphatic heterocycles. The lowest BCUT2D eigenvalue weighted by molar-refractivity contribution is -0.111. The zero-order valence-corrected chi connectivity index (χ0v) is 21.0.